The molecule has 0 rings (SSSR count). The van der Waals surface area contributed by atoms with Crippen molar-refractivity contribution < 1.29 is 34.2 Å². The van der Waals surface area contributed by atoms with E-state index in [0.717, 1.165) is 90.0 Å². The average molecular weight is 467 g/mol. The molecule has 0 spiro atoms. The molecule has 0 aromatic carbocycles. The molecule has 0 unspecified atom stereocenters. The van der Waals surface area contributed by atoms with E-state index in [1.165, 1.54) is 4.90 Å². The Hall–Kier alpha value is -1.34. The van der Waals surface area contributed by atoms with Gasteiger partial charge in [-0.2, -0.15) is 0 Å². The van der Waals surface area contributed by atoms with Crippen molar-refractivity contribution in [3.63, 3.8) is 0 Å². The van der Waals surface area contributed by atoms with Gasteiger partial charge in [-0.3, -0.25) is 14.4 Å². The lowest BCUT2D eigenvalue weighted by molar-refractivity contribution is -0.858. The van der Waals surface area contributed by atoms with Crippen molar-refractivity contribution in [3.05, 3.63) is 0 Å². The van der Waals surface area contributed by atoms with E-state index in [1.54, 1.807) is 0 Å². The highest BCUT2D eigenvalue weighted by Gasteiger charge is 2.14. The predicted molar refractivity (Wildman–Crippen MR) is 124 cm³/mol. The number of ether oxygens (including phenoxy) is 1. The maximum atomic E-state index is 12.2. The van der Waals surface area contributed by atoms with E-state index in [4.69, 9.17) is 14.9 Å². The number of aliphatic carboxylic acids is 2. The van der Waals surface area contributed by atoms with Crippen LogP contribution in [0.25, 0.3) is 0 Å². The summed E-state index contributed by atoms with van der Waals surface area (Å²) in [5.41, 5.74) is 0. The Morgan fingerprint density at radius 2 is 1.10 bits per heavy atom. The van der Waals surface area contributed by atoms with Crippen LogP contribution in [0.4, 0.5) is 0 Å². The number of halogens is 1. The predicted octanol–water partition coefficient (Wildman–Crippen LogP) is 3.88. The summed E-state index contributed by atoms with van der Waals surface area (Å²) < 4.78 is 5.75. The second-order valence-electron chi connectivity index (χ2n) is 8.57. The second-order valence-corrected chi connectivity index (χ2v) is 8.57. The molecule has 0 radical (unpaired) electrons. The van der Waals surface area contributed by atoms with Gasteiger partial charge in [0, 0.05) is 19.3 Å². The van der Waals surface area contributed by atoms with Gasteiger partial charge in [0.25, 0.3) is 0 Å². The van der Waals surface area contributed by atoms with Crippen molar-refractivity contribution in [2.45, 2.75) is 109 Å². The first-order valence-corrected chi connectivity index (χ1v) is 11.7. The lowest BCUT2D eigenvalue weighted by atomic mass is 10.0. The molecule has 184 valence electrons. The van der Waals surface area contributed by atoms with Crippen molar-refractivity contribution in [2.24, 2.45) is 0 Å². The number of hydrogen-bond donors (Lipinski definition) is 3. The minimum Gasteiger partial charge on any atom is -0.481 e. The maximum absolute atomic E-state index is 12.2. The van der Waals surface area contributed by atoms with Gasteiger partial charge in [0.15, 0.2) is 0 Å². The van der Waals surface area contributed by atoms with Gasteiger partial charge < -0.3 is 19.8 Å². The average Bonchev–Trinajstić information content (AvgIpc) is 2.65. The van der Waals surface area contributed by atoms with Gasteiger partial charge in [0.05, 0.1) is 27.1 Å². The molecule has 31 heavy (non-hydrogen) atoms. The van der Waals surface area contributed by atoms with Crippen LogP contribution in [0.5, 0.6) is 0 Å². The number of carboxylic acids is 2. The van der Waals surface area contributed by atoms with Gasteiger partial charge in [0.2, 0.25) is 0 Å². The van der Waals surface area contributed by atoms with Gasteiger partial charge in [-0.1, -0.05) is 38.5 Å². The highest BCUT2D eigenvalue weighted by molar-refractivity contribution is 5.85. The summed E-state index contributed by atoms with van der Waals surface area (Å²) in [6, 6.07) is 0. The molecule has 0 aromatic heterocycles. The zero-order valence-electron chi connectivity index (χ0n) is 19.5. The van der Waals surface area contributed by atoms with Gasteiger partial charge in [-0.25, -0.2) is 0 Å². The summed E-state index contributed by atoms with van der Waals surface area (Å²) in [5, 5.41) is 17.3. The molecule has 0 saturated heterocycles. The Balaban J connectivity index is 0. The third-order valence-corrected chi connectivity index (χ3v) is 5.19. The van der Waals surface area contributed by atoms with Crippen LogP contribution < -0.4 is 4.90 Å². The molecule has 0 fully saturated rings. The van der Waals surface area contributed by atoms with E-state index < -0.39 is 11.9 Å². The molecule has 0 atom stereocenters. The Morgan fingerprint density at radius 1 is 0.677 bits per heavy atom. The smallest absolute Gasteiger partial charge is 0.306 e. The first kappa shape index (κ1) is 31.8. The topological polar surface area (TPSA) is 105 Å². The van der Waals surface area contributed by atoms with Crippen molar-refractivity contribution in [2.75, 3.05) is 20.6 Å². The van der Waals surface area contributed by atoms with Crippen LogP contribution in [0.1, 0.15) is 103 Å². The van der Waals surface area contributed by atoms with Crippen molar-refractivity contribution in [3.8, 4) is 0 Å². The Labute approximate surface area is 194 Å². The molecular formula is C23H45ClNO6+. The van der Waals surface area contributed by atoms with Crippen molar-refractivity contribution in [1.29, 1.82) is 0 Å². The number of esters is 1. The van der Waals surface area contributed by atoms with Crippen LogP contribution in [0.2, 0.25) is 0 Å². The SMILES string of the molecule is C[NH+](C)CCCC(=O)OC(CCCCCCCC(=O)O)CCCCCCCC(=O)O.Cl. The fourth-order valence-electron chi connectivity index (χ4n) is 3.45. The normalized spacial score (nSPS) is 10.8. The van der Waals surface area contributed by atoms with Crippen molar-refractivity contribution >= 4 is 30.3 Å². The largest absolute Gasteiger partial charge is 0.481 e. The number of nitrogens with one attached hydrogen (secondary N) is 1. The minimum atomic E-state index is -0.735. The van der Waals surface area contributed by atoms with E-state index in [-0.39, 0.29) is 37.3 Å². The first-order chi connectivity index (χ1) is 14.3. The molecule has 0 aromatic rings. The second kappa shape index (κ2) is 21.9. The van der Waals surface area contributed by atoms with Gasteiger partial charge in [-0.05, 0) is 38.5 Å². The van der Waals surface area contributed by atoms with Gasteiger partial charge in [0.1, 0.15) is 6.10 Å². The zero-order chi connectivity index (χ0) is 22.6. The molecule has 0 heterocycles. The summed E-state index contributed by atoms with van der Waals surface area (Å²) in [5.74, 6) is -1.58. The lowest BCUT2D eigenvalue weighted by Crippen LogP contribution is -3.05. The third kappa shape index (κ3) is 24.8. The van der Waals surface area contributed by atoms with Gasteiger partial charge >= 0.3 is 17.9 Å². The maximum Gasteiger partial charge on any atom is 0.306 e. The molecular weight excluding hydrogens is 422 g/mol. The number of carbonyl (C=O) groups excluding carboxylic acids is 1. The molecule has 0 amide bonds. The van der Waals surface area contributed by atoms with Crippen LogP contribution in [0.3, 0.4) is 0 Å². The van der Waals surface area contributed by atoms with Crippen molar-refractivity contribution in [1.82, 2.24) is 0 Å². The summed E-state index contributed by atoms with van der Waals surface area (Å²) in [6.07, 6.45) is 12.9. The molecule has 3 N–H and O–H groups in total. The Morgan fingerprint density at radius 3 is 1.52 bits per heavy atom. The number of quaternary nitrogens is 1. The summed E-state index contributed by atoms with van der Waals surface area (Å²) in [4.78, 5) is 34.6. The molecule has 8 heteroatoms. The van der Waals surface area contributed by atoms with E-state index in [9.17, 15) is 14.4 Å². The molecule has 0 bridgehead atoms. The molecule has 0 aliphatic carbocycles. The number of hydrogen-bond acceptors (Lipinski definition) is 4. The van der Waals surface area contributed by atoms with Crippen LogP contribution >= 0.6 is 12.4 Å². The van der Waals surface area contributed by atoms with E-state index in [1.807, 2.05) is 0 Å². The number of carbonyl (C=O) groups is 3. The van der Waals surface area contributed by atoms with Crippen LogP contribution in [-0.2, 0) is 19.1 Å². The summed E-state index contributed by atoms with van der Waals surface area (Å²) >= 11 is 0. The first-order valence-electron chi connectivity index (χ1n) is 11.7. The zero-order valence-corrected chi connectivity index (χ0v) is 20.4. The van der Waals surface area contributed by atoms with Crippen LogP contribution in [-0.4, -0.2) is 54.9 Å². The van der Waals surface area contributed by atoms with Gasteiger partial charge in [-0.15, -0.1) is 12.4 Å². The standard InChI is InChI=1S/C23H43NO6.ClH/c1-24(2)19-13-18-23(29)30-20(14-9-5-3-7-11-16-21(25)26)15-10-6-4-8-12-17-22(27)28;/h20H,3-19H2,1-2H3,(H,25,26)(H,27,28);1H/p+1. The highest BCUT2D eigenvalue weighted by Crippen LogP contribution is 2.17. The minimum absolute atomic E-state index is 0. The monoisotopic (exact) mass is 466 g/mol. The molecule has 0 saturated carbocycles. The Kier molecular flexibility index (Phi) is 22.5. The number of rotatable bonds is 21. The van der Waals surface area contributed by atoms with Crippen LogP contribution in [0, 0.1) is 0 Å². The van der Waals surface area contributed by atoms with E-state index in [0.29, 0.717) is 6.42 Å². The third-order valence-electron chi connectivity index (χ3n) is 5.19. The van der Waals surface area contributed by atoms with E-state index in [2.05, 4.69) is 14.1 Å². The summed E-state index contributed by atoms with van der Waals surface area (Å²) in [7, 11) is 4.14. The molecule has 7 nitrogen and oxygen atoms in total. The lowest BCUT2D eigenvalue weighted by Gasteiger charge is -2.18. The fourth-order valence-corrected chi connectivity index (χ4v) is 3.45. The Bertz CT molecular complexity index is 445. The van der Waals surface area contributed by atoms with E-state index >= 15 is 0 Å². The highest BCUT2D eigenvalue weighted by atomic mass is 35.5. The summed E-state index contributed by atoms with van der Waals surface area (Å²) in [6.45, 7) is 0.951. The number of carboxylic acid groups (broad SMARTS) is 2. The van der Waals surface area contributed by atoms with Crippen LogP contribution in [0.15, 0.2) is 0 Å². The fraction of sp³-hybridized carbons (Fsp3) is 0.870. The number of unbranched alkanes of at least 4 members (excludes halogenated alkanes) is 8. The molecule has 0 aliphatic heterocycles. The quantitative estimate of drug-likeness (QED) is 0.175. The molecule has 0 aliphatic rings.